The summed E-state index contributed by atoms with van der Waals surface area (Å²) in [6.07, 6.45) is -10.4. The molecule has 0 saturated heterocycles. The number of alkyl halides is 6. The monoisotopic (exact) mass is 592 g/mol. The van der Waals surface area contributed by atoms with E-state index >= 15 is 0 Å². The van der Waals surface area contributed by atoms with Gasteiger partial charge in [-0.2, -0.15) is 26.3 Å². The zero-order valence-electron chi connectivity index (χ0n) is 19.7. The maximum Gasteiger partial charge on any atom is 0.416 e. The van der Waals surface area contributed by atoms with Gasteiger partial charge in [-0.05, 0) is 18.6 Å². The van der Waals surface area contributed by atoms with Gasteiger partial charge in [-0.15, -0.1) is 0 Å². The van der Waals surface area contributed by atoms with Gasteiger partial charge in [0.1, 0.15) is 11.5 Å². The van der Waals surface area contributed by atoms with E-state index in [0.717, 1.165) is 18.2 Å². The Balaban J connectivity index is 2.18. The topological polar surface area (TPSA) is 191 Å². The van der Waals surface area contributed by atoms with Crippen molar-refractivity contribution < 1.29 is 55.5 Å². The lowest BCUT2D eigenvalue weighted by atomic mass is 10.1. The second kappa shape index (κ2) is 10.5. The predicted octanol–water partition coefficient (Wildman–Crippen LogP) is 7.25. The Morgan fingerprint density at radius 3 is 1.24 bits per heavy atom. The third-order valence-corrected chi connectivity index (χ3v) is 5.13. The zero-order valence-corrected chi connectivity index (χ0v) is 19.7. The predicted molar refractivity (Wildman–Crippen MR) is 121 cm³/mol. The zero-order chi connectivity index (χ0) is 31.0. The Morgan fingerprint density at radius 1 is 0.585 bits per heavy atom. The van der Waals surface area contributed by atoms with Crippen molar-refractivity contribution in [1.82, 2.24) is 0 Å². The average molecular weight is 592 g/mol. The molecule has 0 aliphatic rings. The quantitative estimate of drug-likeness (QED) is 0.146. The number of nitro benzene ring substituents is 4. The van der Waals surface area contributed by atoms with Crippen molar-refractivity contribution >= 4 is 22.7 Å². The summed E-state index contributed by atoms with van der Waals surface area (Å²) in [6.45, 7) is 1.25. The second-order valence-corrected chi connectivity index (χ2v) is 7.84. The van der Waals surface area contributed by atoms with E-state index < -0.39 is 88.9 Å². The summed E-state index contributed by atoms with van der Waals surface area (Å²) in [5.41, 5.74) is -9.33. The van der Waals surface area contributed by atoms with Crippen LogP contribution in [0.5, 0.6) is 23.0 Å². The lowest BCUT2D eigenvalue weighted by Crippen LogP contribution is -2.08. The Hall–Kier alpha value is -5.56. The molecule has 0 aliphatic carbocycles. The van der Waals surface area contributed by atoms with Crippen LogP contribution >= 0.6 is 0 Å². The Kier molecular flexibility index (Phi) is 7.71. The van der Waals surface area contributed by atoms with E-state index in [1.54, 1.807) is 0 Å². The summed E-state index contributed by atoms with van der Waals surface area (Å²) in [7, 11) is 0. The van der Waals surface area contributed by atoms with Gasteiger partial charge in [0.15, 0.2) is 0 Å². The molecule has 0 fully saturated rings. The third kappa shape index (κ3) is 6.37. The molecule has 0 spiro atoms. The van der Waals surface area contributed by atoms with Crippen molar-refractivity contribution in [2.24, 2.45) is 0 Å². The molecule has 0 heterocycles. The number of ether oxygens (including phenoxy) is 2. The Morgan fingerprint density at radius 2 is 0.927 bits per heavy atom. The van der Waals surface area contributed by atoms with Crippen LogP contribution in [0.25, 0.3) is 0 Å². The highest BCUT2D eigenvalue weighted by Gasteiger charge is 2.40. The number of hydrogen-bond acceptors (Lipinski definition) is 10. The highest BCUT2D eigenvalue weighted by atomic mass is 19.4. The van der Waals surface area contributed by atoms with Crippen molar-refractivity contribution in [1.29, 1.82) is 0 Å². The number of rotatable bonds is 8. The van der Waals surface area contributed by atoms with Crippen LogP contribution in [0.3, 0.4) is 0 Å². The molecule has 0 aromatic heterocycles. The number of halogens is 6. The minimum Gasteiger partial charge on any atom is -0.444 e. The highest BCUT2D eigenvalue weighted by Crippen LogP contribution is 2.47. The summed E-state index contributed by atoms with van der Waals surface area (Å²) < 4.78 is 89.3. The number of hydrogen-bond donors (Lipinski definition) is 0. The van der Waals surface area contributed by atoms with Gasteiger partial charge in [0, 0.05) is 30.3 Å². The first-order chi connectivity index (χ1) is 18.8. The van der Waals surface area contributed by atoms with Crippen molar-refractivity contribution in [2.75, 3.05) is 0 Å². The van der Waals surface area contributed by atoms with E-state index in [4.69, 9.17) is 9.47 Å². The molecule has 3 aromatic rings. The van der Waals surface area contributed by atoms with Crippen molar-refractivity contribution in [3.8, 4) is 23.0 Å². The van der Waals surface area contributed by atoms with E-state index in [1.165, 1.54) is 6.92 Å². The molecule has 3 aromatic carbocycles. The average Bonchev–Trinajstić information content (AvgIpc) is 2.84. The van der Waals surface area contributed by atoms with Crippen LogP contribution in [0.15, 0.2) is 42.5 Å². The fourth-order valence-electron chi connectivity index (χ4n) is 3.26. The normalized spacial score (nSPS) is 11.6. The van der Waals surface area contributed by atoms with Gasteiger partial charge in [0.2, 0.25) is 0 Å². The number of benzene rings is 3. The molecule has 0 aliphatic heterocycles. The smallest absolute Gasteiger partial charge is 0.416 e. The van der Waals surface area contributed by atoms with Gasteiger partial charge in [0.25, 0.3) is 11.5 Å². The standard InChI is InChI=1S/C21H10F6N4O10/c1-9-2-3-12(40-18-13(28(32)33)4-10(20(22,23)24)5-14(18)29(34)35)8-17(9)41-19-15(30(36)37)6-11(21(25,26)27)7-16(19)31(38)39/h2-8H,1H3. The maximum atomic E-state index is 13.2. The van der Waals surface area contributed by atoms with Crippen molar-refractivity contribution in [3.63, 3.8) is 0 Å². The molecule has 0 amide bonds. The summed E-state index contributed by atoms with van der Waals surface area (Å²) >= 11 is 0. The first-order valence-electron chi connectivity index (χ1n) is 10.4. The molecule has 0 unspecified atom stereocenters. The summed E-state index contributed by atoms with van der Waals surface area (Å²) in [5, 5.41) is 45.8. The van der Waals surface area contributed by atoms with Crippen LogP contribution in [0.2, 0.25) is 0 Å². The molecular weight excluding hydrogens is 582 g/mol. The molecule has 0 saturated carbocycles. The van der Waals surface area contributed by atoms with Gasteiger partial charge >= 0.3 is 35.1 Å². The van der Waals surface area contributed by atoms with Crippen LogP contribution in [0.4, 0.5) is 49.1 Å². The van der Waals surface area contributed by atoms with E-state index in [1.807, 2.05) is 0 Å². The second-order valence-electron chi connectivity index (χ2n) is 7.84. The lowest BCUT2D eigenvalue weighted by molar-refractivity contribution is -0.396. The van der Waals surface area contributed by atoms with Gasteiger partial charge in [0.05, 0.1) is 30.8 Å². The minimum absolute atomic E-state index is 0.0114. The van der Waals surface area contributed by atoms with Crippen molar-refractivity contribution in [2.45, 2.75) is 19.3 Å². The Bertz CT molecular complexity index is 1540. The molecule has 3 rings (SSSR count). The molecule has 14 nitrogen and oxygen atoms in total. The molecule has 0 N–H and O–H groups in total. The van der Waals surface area contributed by atoms with E-state index in [0.29, 0.717) is 0 Å². The summed E-state index contributed by atoms with van der Waals surface area (Å²) in [6, 6.07) is 2.72. The fourth-order valence-corrected chi connectivity index (χ4v) is 3.26. The molecule has 0 bridgehead atoms. The first-order valence-corrected chi connectivity index (χ1v) is 10.4. The Labute approximate surface area is 220 Å². The maximum absolute atomic E-state index is 13.2. The third-order valence-electron chi connectivity index (χ3n) is 5.13. The minimum atomic E-state index is -5.22. The molecule has 41 heavy (non-hydrogen) atoms. The van der Waals surface area contributed by atoms with Gasteiger partial charge in [-0.1, -0.05) is 6.07 Å². The van der Waals surface area contributed by atoms with Gasteiger partial charge < -0.3 is 9.47 Å². The van der Waals surface area contributed by atoms with Crippen LogP contribution in [0.1, 0.15) is 16.7 Å². The summed E-state index contributed by atoms with van der Waals surface area (Å²) in [5.74, 6) is -3.67. The van der Waals surface area contributed by atoms with Crippen LogP contribution < -0.4 is 9.47 Å². The SMILES string of the molecule is Cc1ccc(Oc2c([N+](=O)[O-])cc(C(F)(F)F)cc2[N+](=O)[O-])cc1Oc1c([N+](=O)[O-])cc(C(F)(F)F)cc1[N+](=O)[O-]. The molecular formula is C21H10F6N4O10. The van der Waals surface area contributed by atoms with Gasteiger partial charge in [-0.25, -0.2) is 0 Å². The van der Waals surface area contributed by atoms with E-state index in [2.05, 4.69) is 0 Å². The fraction of sp³-hybridized carbons (Fsp3) is 0.143. The highest BCUT2D eigenvalue weighted by molar-refractivity contribution is 5.65. The number of nitro groups is 4. The van der Waals surface area contributed by atoms with Crippen LogP contribution in [-0.4, -0.2) is 19.7 Å². The molecule has 0 radical (unpaired) electrons. The summed E-state index contributed by atoms with van der Waals surface area (Å²) in [4.78, 5) is 40.2. The number of nitrogens with zero attached hydrogens (tertiary/aromatic N) is 4. The van der Waals surface area contributed by atoms with E-state index in [-0.39, 0.29) is 29.8 Å². The van der Waals surface area contributed by atoms with Gasteiger partial charge in [-0.3, -0.25) is 40.5 Å². The number of aryl methyl sites for hydroxylation is 1. The lowest BCUT2D eigenvalue weighted by Gasteiger charge is -2.14. The van der Waals surface area contributed by atoms with Crippen LogP contribution in [0, 0.1) is 47.4 Å². The van der Waals surface area contributed by atoms with Crippen molar-refractivity contribution in [3.05, 3.63) is 99.6 Å². The molecule has 216 valence electrons. The first kappa shape index (κ1) is 30.0. The van der Waals surface area contributed by atoms with Crippen LogP contribution in [-0.2, 0) is 12.4 Å². The molecule has 20 heteroatoms. The van der Waals surface area contributed by atoms with E-state index in [9.17, 15) is 66.8 Å². The largest absolute Gasteiger partial charge is 0.444 e. The molecule has 0 atom stereocenters.